The highest BCUT2D eigenvalue weighted by Crippen LogP contribution is 2.43. The van der Waals surface area contributed by atoms with Gasteiger partial charge < -0.3 is 15.0 Å². The van der Waals surface area contributed by atoms with Gasteiger partial charge in [0.25, 0.3) is 0 Å². The molecule has 2 N–H and O–H groups in total. The Morgan fingerprint density at radius 2 is 1.66 bits per heavy atom. The molecule has 0 bridgehead atoms. The molecule has 29 heavy (non-hydrogen) atoms. The van der Waals surface area contributed by atoms with Crippen LogP contribution in [-0.4, -0.2) is 28.6 Å². The molecule has 1 aromatic heterocycles. The van der Waals surface area contributed by atoms with Gasteiger partial charge in [-0.25, -0.2) is 0 Å². The van der Waals surface area contributed by atoms with Crippen molar-refractivity contribution in [3.8, 4) is 17.0 Å². The van der Waals surface area contributed by atoms with E-state index in [9.17, 15) is 5.11 Å². The van der Waals surface area contributed by atoms with Gasteiger partial charge in [0.1, 0.15) is 0 Å². The molecule has 0 saturated carbocycles. The molecule has 0 aliphatic carbocycles. The Balaban J connectivity index is 1.73. The minimum Gasteiger partial charge on any atom is -0.493 e. The quantitative estimate of drug-likeness (QED) is 0.430. The zero-order valence-electron chi connectivity index (χ0n) is 16.3. The summed E-state index contributed by atoms with van der Waals surface area (Å²) in [6, 6.07) is 22.1. The molecule has 4 aromatic rings. The SMILES string of the molecule is CN1CCc2c(-c3ccccc3)cc3c(N=Nc4ccccc4)c(O)[nH]c3c2C1. The molecular weight excluding hydrogens is 360 g/mol. The Morgan fingerprint density at radius 1 is 0.931 bits per heavy atom. The highest BCUT2D eigenvalue weighted by Gasteiger charge is 2.24. The van der Waals surface area contributed by atoms with Gasteiger partial charge in [0.15, 0.2) is 5.69 Å². The molecule has 5 nitrogen and oxygen atoms in total. The summed E-state index contributed by atoms with van der Waals surface area (Å²) in [5.74, 6) is 0.0559. The fourth-order valence-electron chi connectivity index (χ4n) is 4.10. The second-order valence-electron chi connectivity index (χ2n) is 7.52. The first-order chi connectivity index (χ1) is 14.2. The summed E-state index contributed by atoms with van der Waals surface area (Å²) in [4.78, 5) is 5.47. The third kappa shape index (κ3) is 3.19. The largest absolute Gasteiger partial charge is 0.493 e. The average Bonchev–Trinajstić information content (AvgIpc) is 3.08. The number of hydrogen-bond donors (Lipinski definition) is 2. The van der Waals surface area contributed by atoms with Gasteiger partial charge in [-0.15, -0.1) is 5.11 Å². The normalized spacial score (nSPS) is 14.5. The molecule has 5 rings (SSSR count). The monoisotopic (exact) mass is 382 g/mol. The van der Waals surface area contributed by atoms with Crippen molar-refractivity contribution < 1.29 is 5.11 Å². The fourth-order valence-corrected chi connectivity index (χ4v) is 4.10. The number of H-pyrrole nitrogens is 1. The number of nitrogens with one attached hydrogen (secondary N) is 1. The zero-order valence-corrected chi connectivity index (χ0v) is 16.3. The first kappa shape index (κ1) is 17.6. The molecule has 0 saturated heterocycles. The molecule has 5 heteroatoms. The summed E-state index contributed by atoms with van der Waals surface area (Å²) in [6.07, 6.45) is 0.979. The maximum absolute atomic E-state index is 10.6. The topological polar surface area (TPSA) is 64.0 Å². The molecule has 1 aliphatic rings. The number of aromatic hydroxyl groups is 1. The summed E-state index contributed by atoms with van der Waals surface area (Å²) in [5, 5.41) is 20.2. The molecule has 0 radical (unpaired) electrons. The van der Waals surface area contributed by atoms with E-state index in [2.05, 4.69) is 57.5 Å². The summed E-state index contributed by atoms with van der Waals surface area (Å²) in [6.45, 7) is 1.85. The molecule has 0 fully saturated rings. The number of likely N-dealkylation sites (N-methyl/N-ethyl adjacent to an activating group) is 1. The maximum atomic E-state index is 10.6. The van der Waals surface area contributed by atoms with Crippen LogP contribution >= 0.6 is 0 Å². The van der Waals surface area contributed by atoms with Crippen molar-refractivity contribution in [1.82, 2.24) is 9.88 Å². The second-order valence-corrected chi connectivity index (χ2v) is 7.52. The van der Waals surface area contributed by atoms with E-state index < -0.39 is 0 Å². The Bertz CT molecular complexity index is 1200. The molecule has 0 spiro atoms. The molecule has 0 amide bonds. The summed E-state index contributed by atoms with van der Waals surface area (Å²) in [7, 11) is 2.13. The summed E-state index contributed by atoms with van der Waals surface area (Å²) in [5.41, 5.74) is 7.14. The lowest BCUT2D eigenvalue weighted by Gasteiger charge is -2.27. The maximum Gasteiger partial charge on any atom is 0.218 e. The third-order valence-electron chi connectivity index (χ3n) is 5.55. The van der Waals surface area contributed by atoms with Crippen LogP contribution in [0.5, 0.6) is 5.88 Å². The Hall–Kier alpha value is -3.44. The smallest absolute Gasteiger partial charge is 0.218 e. The average molecular weight is 382 g/mol. The molecule has 2 heterocycles. The van der Waals surface area contributed by atoms with E-state index in [0.717, 1.165) is 36.1 Å². The van der Waals surface area contributed by atoms with Crippen LogP contribution < -0.4 is 0 Å². The van der Waals surface area contributed by atoms with Gasteiger partial charge in [-0.3, -0.25) is 0 Å². The third-order valence-corrected chi connectivity index (χ3v) is 5.55. The molecular formula is C24H22N4O. The van der Waals surface area contributed by atoms with E-state index in [1.165, 1.54) is 22.3 Å². The number of hydrogen-bond acceptors (Lipinski definition) is 4. The van der Waals surface area contributed by atoms with Crippen molar-refractivity contribution in [2.24, 2.45) is 10.2 Å². The first-order valence-corrected chi connectivity index (χ1v) is 9.81. The van der Waals surface area contributed by atoms with Crippen molar-refractivity contribution in [3.63, 3.8) is 0 Å². The van der Waals surface area contributed by atoms with Crippen LogP contribution in [0.4, 0.5) is 11.4 Å². The fraction of sp³-hybridized carbons (Fsp3) is 0.167. The predicted molar refractivity (Wildman–Crippen MR) is 116 cm³/mol. The van der Waals surface area contributed by atoms with Crippen molar-refractivity contribution in [2.75, 3.05) is 13.6 Å². The number of aromatic nitrogens is 1. The van der Waals surface area contributed by atoms with Crippen molar-refractivity contribution in [2.45, 2.75) is 13.0 Å². The van der Waals surface area contributed by atoms with Crippen molar-refractivity contribution in [3.05, 3.63) is 77.9 Å². The second kappa shape index (κ2) is 7.18. The first-order valence-electron chi connectivity index (χ1n) is 9.81. The van der Waals surface area contributed by atoms with Gasteiger partial charge >= 0.3 is 0 Å². The zero-order chi connectivity index (χ0) is 19.8. The van der Waals surface area contributed by atoms with Crippen LogP contribution in [0.15, 0.2) is 77.0 Å². The van der Waals surface area contributed by atoms with Crippen molar-refractivity contribution >= 4 is 22.3 Å². The number of nitrogens with zero attached hydrogens (tertiary/aromatic N) is 3. The lowest BCUT2D eigenvalue weighted by molar-refractivity contribution is 0.314. The molecule has 0 unspecified atom stereocenters. The van der Waals surface area contributed by atoms with Gasteiger partial charge in [-0.2, -0.15) is 5.11 Å². The number of fused-ring (bicyclic) bond motifs is 3. The minimum atomic E-state index is 0.0559. The van der Waals surface area contributed by atoms with Gasteiger partial charge in [-0.1, -0.05) is 48.5 Å². The van der Waals surface area contributed by atoms with Crippen LogP contribution in [0, 0.1) is 0 Å². The lowest BCUT2D eigenvalue weighted by Crippen LogP contribution is -2.27. The molecule has 144 valence electrons. The van der Waals surface area contributed by atoms with Crippen LogP contribution in [0.3, 0.4) is 0 Å². The van der Waals surface area contributed by atoms with Crippen LogP contribution in [0.1, 0.15) is 11.1 Å². The van der Waals surface area contributed by atoms with Crippen molar-refractivity contribution in [1.29, 1.82) is 0 Å². The van der Waals surface area contributed by atoms with Crippen LogP contribution in [0.25, 0.3) is 22.0 Å². The lowest BCUT2D eigenvalue weighted by atomic mass is 9.89. The number of aromatic amines is 1. The highest BCUT2D eigenvalue weighted by atomic mass is 16.3. The van der Waals surface area contributed by atoms with E-state index in [-0.39, 0.29) is 5.88 Å². The number of azo groups is 1. The van der Waals surface area contributed by atoms with Crippen LogP contribution in [0.2, 0.25) is 0 Å². The molecule has 0 atom stereocenters. The molecule has 3 aromatic carbocycles. The standard InChI is InChI=1S/C24H22N4O/c1-28-13-12-18-19(16-8-4-2-5-9-16)14-20-22(21(18)15-28)25-24(29)23(20)27-26-17-10-6-3-7-11-17/h2-11,14,25,29H,12-13,15H2,1H3. The minimum absolute atomic E-state index is 0.0559. The van der Waals surface area contributed by atoms with E-state index in [1.54, 1.807) is 0 Å². The van der Waals surface area contributed by atoms with Gasteiger partial charge in [-0.05, 0) is 53.9 Å². The number of benzene rings is 3. The van der Waals surface area contributed by atoms with E-state index >= 15 is 0 Å². The van der Waals surface area contributed by atoms with E-state index in [1.807, 2.05) is 36.4 Å². The summed E-state index contributed by atoms with van der Waals surface area (Å²) < 4.78 is 0. The van der Waals surface area contributed by atoms with Gasteiger partial charge in [0.2, 0.25) is 5.88 Å². The summed E-state index contributed by atoms with van der Waals surface area (Å²) >= 11 is 0. The van der Waals surface area contributed by atoms with E-state index in [0.29, 0.717) is 5.69 Å². The number of rotatable bonds is 3. The Labute approximate surface area is 169 Å². The van der Waals surface area contributed by atoms with Gasteiger partial charge in [0.05, 0.1) is 11.2 Å². The highest BCUT2D eigenvalue weighted by molar-refractivity contribution is 6.00. The van der Waals surface area contributed by atoms with Gasteiger partial charge in [0, 0.05) is 18.5 Å². The molecule has 1 aliphatic heterocycles. The predicted octanol–water partition coefficient (Wildman–Crippen LogP) is 5.94. The van der Waals surface area contributed by atoms with E-state index in [4.69, 9.17) is 0 Å². The van der Waals surface area contributed by atoms with Crippen LogP contribution in [-0.2, 0) is 13.0 Å². The Morgan fingerprint density at radius 3 is 2.41 bits per heavy atom. The Kier molecular flexibility index (Phi) is 4.37.